The minimum absolute atomic E-state index is 0.242. The summed E-state index contributed by atoms with van der Waals surface area (Å²) in [6, 6.07) is 7.13. The van der Waals surface area contributed by atoms with Gasteiger partial charge in [-0.3, -0.25) is 0 Å². The van der Waals surface area contributed by atoms with Crippen molar-refractivity contribution in [1.82, 2.24) is 15.4 Å². The van der Waals surface area contributed by atoms with Crippen molar-refractivity contribution in [2.45, 2.75) is 30.6 Å². The van der Waals surface area contributed by atoms with Crippen LogP contribution in [0.3, 0.4) is 0 Å². The number of sulfone groups is 1. The molecule has 1 aromatic heterocycles. The van der Waals surface area contributed by atoms with Crippen LogP contribution >= 0.6 is 0 Å². The van der Waals surface area contributed by atoms with Crippen molar-refractivity contribution in [2.75, 3.05) is 6.26 Å². The molecule has 0 radical (unpaired) electrons. The molecule has 0 aliphatic heterocycles. The Bertz CT molecular complexity index is 636. The van der Waals surface area contributed by atoms with Gasteiger partial charge in [-0.05, 0) is 36.5 Å². The lowest BCUT2D eigenvalue weighted by atomic mass is 9.92. The second kappa shape index (κ2) is 5.52. The monoisotopic (exact) mass is 279 g/mol. The third-order valence-corrected chi connectivity index (χ3v) is 4.28. The van der Waals surface area contributed by atoms with Crippen LogP contribution in [0.5, 0.6) is 0 Å². The Kier molecular flexibility index (Phi) is 3.99. The Morgan fingerprint density at radius 1 is 1.37 bits per heavy atom. The van der Waals surface area contributed by atoms with E-state index in [2.05, 4.69) is 22.3 Å². The number of aromatic amines is 1. The number of H-pyrrole nitrogens is 1. The highest BCUT2D eigenvalue weighted by Gasteiger charge is 2.15. The molecule has 2 rings (SSSR count). The smallest absolute Gasteiger partial charge is 0.175 e. The van der Waals surface area contributed by atoms with Gasteiger partial charge in [-0.2, -0.15) is 15.4 Å². The van der Waals surface area contributed by atoms with Gasteiger partial charge < -0.3 is 0 Å². The second-order valence-electron chi connectivity index (χ2n) is 4.62. The van der Waals surface area contributed by atoms with Gasteiger partial charge in [0.05, 0.1) is 16.8 Å². The first-order valence-electron chi connectivity index (χ1n) is 6.15. The fraction of sp³-hybridized carbons (Fsp3) is 0.385. The molecule has 0 bridgehead atoms. The molecular formula is C13H17N3O2S. The van der Waals surface area contributed by atoms with Crippen LogP contribution in [0.1, 0.15) is 30.5 Å². The summed E-state index contributed by atoms with van der Waals surface area (Å²) in [5, 5.41) is 10.4. The minimum Gasteiger partial charge on any atom is -0.224 e. The van der Waals surface area contributed by atoms with Crippen molar-refractivity contribution >= 4 is 9.84 Å². The molecule has 1 atom stereocenters. The average molecular weight is 279 g/mol. The van der Waals surface area contributed by atoms with Gasteiger partial charge in [0.15, 0.2) is 9.84 Å². The molecule has 2 aromatic rings. The van der Waals surface area contributed by atoms with Gasteiger partial charge in [0, 0.05) is 6.26 Å². The van der Waals surface area contributed by atoms with Crippen LogP contribution in [-0.4, -0.2) is 30.1 Å². The van der Waals surface area contributed by atoms with Crippen LogP contribution in [0.25, 0.3) is 0 Å². The van der Waals surface area contributed by atoms with E-state index in [1.54, 1.807) is 24.4 Å². The molecule has 102 valence electrons. The predicted octanol–water partition coefficient (Wildman–Crippen LogP) is 1.94. The Balaban J connectivity index is 2.28. The Hall–Kier alpha value is -1.69. The van der Waals surface area contributed by atoms with E-state index in [4.69, 9.17) is 0 Å². The van der Waals surface area contributed by atoms with Crippen molar-refractivity contribution in [3.63, 3.8) is 0 Å². The van der Waals surface area contributed by atoms with E-state index in [1.165, 1.54) is 6.26 Å². The number of nitrogens with zero attached hydrogens (tertiary/aromatic N) is 2. The fourth-order valence-electron chi connectivity index (χ4n) is 2.07. The second-order valence-corrected chi connectivity index (χ2v) is 6.63. The lowest BCUT2D eigenvalue weighted by molar-refractivity contribution is 0.600. The number of benzene rings is 1. The molecule has 0 saturated heterocycles. The maximum Gasteiger partial charge on any atom is 0.175 e. The van der Waals surface area contributed by atoms with E-state index in [1.807, 2.05) is 6.07 Å². The van der Waals surface area contributed by atoms with E-state index in [-0.39, 0.29) is 5.92 Å². The normalized spacial score (nSPS) is 13.4. The quantitative estimate of drug-likeness (QED) is 0.907. The number of rotatable bonds is 5. The first-order valence-corrected chi connectivity index (χ1v) is 8.04. The van der Waals surface area contributed by atoms with Gasteiger partial charge in [0.2, 0.25) is 0 Å². The molecule has 19 heavy (non-hydrogen) atoms. The van der Waals surface area contributed by atoms with Crippen LogP contribution < -0.4 is 0 Å². The summed E-state index contributed by atoms with van der Waals surface area (Å²) in [7, 11) is -3.16. The van der Waals surface area contributed by atoms with Crippen LogP contribution in [0.15, 0.2) is 35.4 Å². The molecule has 1 N–H and O–H groups in total. The van der Waals surface area contributed by atoms with E-state index in [0.29, 0.717) is 4.90 Å². The summed E-state index contributed by atoms with van der Waals surface area (Å²) >= 11 is 0. The fourth-order valence-corrected chi connectivity index (χ4v) is 2.75. The summed E-state index contributed by atoms with van der Waals surface area (Å²) in [6.07, 6.45) is 4.59. The molecule has 0 fully saturated rings. The summed E-state index contributed by atoms with van der Waals surface area (Å²) in [6.45, 7) is 2.08. The molecule has 0 spiro atoms. The zero-order valence-electron chi connectivity index (χ0n) is 11.0. The molecule has 1 aromatic carbocycles. The number of aromatic nitrogens is 3. The van der Waals surface area contributed by atoms with Crippen LogP contribution in [-0.2, 0) is 16.3 Å². The maximum atomic E-state index is 11.6. The number of hydrogen-bond acceptors (Lipinski definition) is 4. The van der Waals surface area contributed by atoms with Gasteiger partial charge in [0.25, 0.3) is 0 Å². The SMILES string of the molecule is CCC(Cc1cn[nH]n1)c1cccc(S(C)(=O)=O)c1. The Labute approximate surface area is 113 Å². The van der Waals surface area contributed by atoms with Crippen molar-refractivity contribution in [1.29, 1.82) is 0 Å². The minimum atomic E-state index is -3.16. The summed E-state index contributed by atoms with van der Waals surface area (Å²) in [4.78, 5) is 0.364. The molecule has 1 unspecified atom stereocenters. The van der Waals surface area contributed by atoms with Gasteiger partial charge >= 0.3 is 0 Å². The third-order valence-electron chi connectivity index (χ3n) is 3.17. The lowest BCUT2D eigenvalue weighted by Gasteiger charge is -2.14. The van der Waals surface area contributed by atoms with Crippen molar-refractivity contribution in [3.8, 4) is 0 Å². The molecular weight excluding hydrogens is 262 g/mol. The average Bonchev–Trinajstić information content (AvgIpc) is 2.88. The molecule has 6 heteroatoms. The van der Waals surface area contributed by atoms with Crippen molar-refractivity contribution in [2.24, 2.45) is 0 Å². The summed E-state index contributed by atoms with van der Waals surface area (Å²) < 4.78 is 23.2. The van der Waals surface area contributed by atoms with Gasteiger partial charge in [-0.15, -0.1) is 0 Å². The highest BCUT2D eigenvalue weighted by Crippen LogP contribution is 2.25. The van der Waals surface area contributed by atoms with Crippen molar-refractivity contribution < 1.29 is 8.42 Å². The van der Waals surface area contributed by atoms with Crippen LogP contribution in [0, 0.1) is 0 Å². The Morgan fingerprint density at radius 3 is 2.74 bits per heavy atom. The largest absolute Gasteiger partial charge is 0.224 e. The first-order chi connectivity index (χ1) is 9.00. The van der Waals surface area contributed by atoms with Gasteiger partial charge in [0.1, 0.15) is 0 Å². The standard InChI is InChI=1S/C13H17N3O2S/c1-3-10(7-12-9-14-16-15-12)11-5-4-6-13(8-11)19(2,17)18/h4-6,8-10H,3,7H2,1-2H3,(H,14,15,16). The van der Waals surface area contributed by atoms with E-state index in [0.717, 1.165) is 24.1 Å². The first kappa shape index (κ1) is 13.7. The Morgan fingerprint density at radius 2 is 2.16 bits per heavy atom. The zero-order valence-corrected chi connectivity index (χ0v) is 11.8. The summed E-state index contributed by atoms with van der Waals surface area (Å²) in [5.74, 6) is 0.242. The van der Waals surface area contributed by atoms with Crippen LogP contribution in [0.2, 0.25) is 0 Å². The molecule has 0 aliphatic carbocycles. The highest BCUT2D eigenvalue weighted by molar-refractivity contribution is 7.90. The van der Waals surface area contributed by atoms with E-state index in [9.17, 15) is 8.42 Å². The number of hydrogen-bond donors (Lipinski definition) is 1. The maximum absolute atomic E-state index is 11.6. The molecule has 0 aliphatic rings. The number of nitrogens with one attached hydrogen (secondary N) is 1. The van der Waals surface area contributed by atoms with Crippen molar-refractivity contribution in [3.05, 3.63) is 41.7 Å². The molecule has 0 amide bonds. The zero-order chi connectivity index (χ0) is 13.9. The van der Waals surface area contributed by atoms with Gasteiger partial charge in [-0.1, -0.05) is 19.1 Å². The topological polar surface area (TPSA) is 75.7 Å². The van der Waals surface area contributed by atoms with Gasteiger partial charge in [-0.25, -0.2) is 8.42 Å². The highest BCUT2D eigenvalue weighted by atomic mass is 32.2. The van der Waals surface area contributed by atoms with E-state index >= 15 is 0 Å². The van der Waals surface area contributed by atoms with Crippen LogP contribution in [0.4, 0.5) is 0 Å². The third kappa shape index (κ3) is 3.41. The molecule has 0 saturated carbocycles. The lowest BCUT2D eigenvalue weighted by Crippen LogP contribution is -2.04. The predicted molar refractivity (Wildman–Crippen MR) is 72.7 cm³/mol. The molecule has 1 heterocycles. The summed E-state index contributed by atoms with van der Waals surface area (Å²) in [5.41, 5.74) is 1.91. The van der Waals surface area contributed by atoms with E-state index < -0.39 is 9.84 Å². The molecule has 5 nitrogen and oxygen atoms in total.